The Bertz CT molecular complexity index is 79.0. The molecule has 9 heavy (non-hydrogen) atoms. The van der Waals surface area contributed by atoms with Gasteiger partial charge in [0.1, 0.15) is 0 Å². The number of hydrogen-bond acceptors (Lipinski definition) is 0. The number of allylic oxidation sites excluding steroid dienone is 1. The molecule has 0 amide bonds. The van der Waals surface area contributed by atoms with Gasteiger partial charge in [0.25, 0.3) is 0 Å². The molecule has 0 saturated carbocycles. The van der Waals surface area contributed by atoms with E-state index in [1.165, 1.54) is 0 Å². The standard InChI is InChI=1S/C7H12Cl2/c1-3-4-7(9)5-6(2)8/h3,6-7H,1,4-5H2,2H3. The van der Waals surface area contributed by atoms with E-state index in [1.807, 2.05) is 13.0 Å². The van der Waals surface area contributed by atoms with E-state index in [4.69, 9.17) is 23.2 Å². The first-order chi connectivity index (χ1) is 4.16. The number of alkyl halides is 2. The zero-order valence-electron chi connectivity index (χ0n) is 5.61. The van der Waals surface area contributed by atoms with Gasteiger partial charge in [0.05, 0.1) is 0 Å². The van der Waals surface area contributed by atoms with Gasteiger partial charge in [-0.25, -0.2) is 0 Å². The van der Waals surface area contributed by atoms with E-state index in [0.29, 0.717) is 0 Å². The molecule has 2 atom stereocenters. The Morgan fingerprint density at radius 2 is 2.11 bits per heavy atom. The average molecular weight is 167 g/mol. The van der Waals surface area contributed by atoms with Gasteiger partial charge in [0.15, 0.2) is 0 Å². The van der Waals surface area contributed by atoms with Crippen molar-refractivity contribution in [2.45, 2.75) is 30.5 Å². The Morgan fingerprint density at radius 1 is 1.56 bits per heavy atom. The quantitative estimate of drug-likeness (QED) is 0.445. The van der Waals surface area contributed by atoms with Crippen molar-refractivity contribution in [1.29, 1.82) is 0 Å². The largest absolute Gasteiger partial charge is 0.123 e. The van der Waals surface area contributed by atoms with Gasteiger partial charge in [-0.2, -0.15) is 0 Å². The highest BCUT2D eigenvalue weighted by Crippen LogP contribution is 2.13. The van der Waals surface area contributed by atoms with E-state index in [0.717, 1.165) is 12.8 Å². The fourth-order valence-electron chi connectivity index (χ4n) is 0.629. The third kappa shape index (κ3) is 6.20. The van der Waals surface area contributed by atoms with E-state index < -0.39 is 0 Å². The minimum absolute atomic E-state index is 0.162. The maximum atomic E-state index is 5.82. The molecule has 2 heteroatoms. The molecular weight excluding hydrogens is 155 g/mol. The molecule has 2 unspecified atom stereocenters. The molecule has 0 heterocycles. The Hall–Kier alpha value is 0.320. The van der Waals surface area contributed by atoms with Crippen molar-refractivity contribution in [1.82, 2.24) is 0 Å². The van der Waals surface area contributed by atoms with Crippen LogP contribution in [-0.4, -0.2) is 10.8 Å². The van der Waals surface area contributed by atoms with Gasteiger partial charge in [0.2, 0.25) is 0 Å². The lowest BCUT2D eigenvalue weighted by Crippen LogP contribution is -2.03. The highest BCUT2D eigenvalue weighted by molar-refractivity contribution is 6.23. The summed E-state index contributed by atoms with van der Waals surface area (Å²) in [6.45, 7) is 5.52. The lowest BCUT2D eigenvalue weighted by atomic mass is 10.2. The predicted molar refractivity (Wildman–Crippen MR) is 44.4 cm³/mol. The van der Waals surface area contributed by atoms with Crippen LogP contribution in [0.1, 0.15) is 19.8 Å². The normalized spacial score (nSPS) is 16.8. The first-order valence-electron chi connectivity index (χ1n) is 3.06. The summed E-state index contributed by atoms with van der Waals surface area (Å²) in [6.07, 6.45) is 3.52. The van der Waals surface area contributed by atoms with Crippen LogP contribution in [-0.2, 0) is 0 Å². The van der Waals surface area contributed by atoms with Crippen molar-refractivity contribution >= 4 is 23.2 Å². The molecule has 0 aromatic carbocycles. The minimum atomic E-state index is 0.162. The fourth-order valence-corrected chi connectivity index (χ4v) is 1.33. The summed E-state index contributed by atoms with van der Waals surface area (Å²) in [5.41, 5.74) is 0. The second-order valence-corrected chi connectivity index (χ2v) is 3.50. The molecule has 0 bridgehead atoms. The predicted octanol–water partition coefficient (Wildman–Crippen LogP) is 3.19. The minimum Gasteiger partial charge on any atom is -0.123 e. The van der Waals surface area contributed by atoms with Crippen molar-refractivity contribution in [3.63, 3.8) is 0 Å². The molecule has 0 aromatic rings. The zero-order chi connectivity index (χ0) is 7.28. The van der Waals surface area contributed by atoms with E-state index in [9.17, 15) is 0 Å². The van der Waals surface area contributed by atoms with Gasteiger partial charge >= 0.3 is 0 Å². The molecule has 0 nitrogen and oxygen atoms in total. The van der Waals surface area contributed by atoms with Crippen LogP contribution in [0.15, 0.2) is 12.7 Å². The second kappa shape index (κ2) is 5.13. The third-order valence-corrected chi connectivity index (χ3v) is 1.54. The lowest BCUT2D eigenvalue weighted by molar-refractivity contribution is 0.745. The van der Waals surface area contributed by atoms with Crippen molar-refractivity contribution in [2.24, 2.45) is 0 Å². The summed E-state index contributed by atoms with van der Waals surface area (Å²) >= 11 is 11.5. The van der Waals surface area contributed by atoms with Crippen LogP contribution in [0.3, 0.4) is 0 Å². The van der Waals surface area contributed by atoms with E-state index in [2.05, 4.69) is 6.58 Å². The van der Waals surface area contributed by atoms with Crippen LogP contribution in [0.5, 0.6) is 0 Å². The summed E-state index contributed by atoms with van der Waals surface area (Å²) < 4.78 is 0. The number of rotatable bonds is 4. The highest BCUT2D eigenvalue weighted by atomic mass is 35.5. The van der Waals surface area contributed by atoms with Gasteiger partial charge < -0.3 is 0 Å². The summed E-state index contributed by atoms with van der Waals surface area (Å²) in [6, 6.07) is 0. The molecule has 0 aliphatic heterocycles. The highest BCUT2D eigenvalue weighted by Gasteiger charge is 2.05. The molecular formula is C7H12Cl2. The van der Waals surface area contributed by atoms with E-state index in [-0.39, 0.29) is 10.8 Å². The summed E-state index contributed by atoms with van der Waals surface area (Å²) in [7, 11) is 0. The molecule has 0 saturated heterocycles. The van der Waals surface area contributed by atoms with Crippen LogP contribution in [0.2, 0.25) is 0 Å². The summed E-state index contributed by atoms with van der Waals surface area (Å²) in [5, 5.41) is 0.336. The molecule has 0 spiro atoms. The van der Waals surface area contributed by atoms with Gasteiger partial charge in [-0.15, -0.1) is 29.8 Å². The summed E-state index contributed by atoms with van der Waals surface area (Å²) in [5.74, 6) is 0. The van der Waals surface area contributed by atoms with Crippen LogP contribution in [0, 0.1) is 0 Å². The van der Waals surface area contributed by atoms with Gasteiger partial charge in [-0.1, -0.05) is 6.08 Å². The molecule has 54 valence electrons. The van der Waals surface area contributed by atoms with E-state index in [1.54, 1.807) is 0 Å². The first-order valence-corrected chi connectivity index (χ1v) is 3.93. The van der Waals surface area contributed by atoms with Crippen molar-refractivity contribution < 1.29 is 0 Å². The molecule has 0 rings (SSSR count). The Morgan fingerprint density at radius 3 is 2.44 bits per heavy atom. The van der Waals surface area contributed by atoms with Gasteiger partial charge in [0, 0.05) is 10.8 Å². The first kappa shape index (κ1) is 9.32. The topological polar surface area (TPSA) is 0 Å². The molecule has 0 aliphatic rings. The number of hydrogen-bond donors (Lipinski definition) is 0. The Kier molecular flexibility index (Phi) is 5.31. The average Bonchev–Trinajstić information content (AvgIpc) is 1.63. The monoisotopic (exact) mass is 166 g/mol. The van der Waals surface area contributed by atoms with Crippen LogP contribution in [0.4, 0.5) is 0 Å². The smallest absolute Gasteiger partial charge is 0.0384 e. The van der Waals surface area contributed by atoms with Gasteiger partial charge in [-0.05, 0) is 19.8 Å². The molecule has 0 radical (unpaired) electrons. The van der Waals surface area contributed by atoms with Crippen LogP contribution >= 0.6 is 23.2 Å². The van der Waals surface area contributed by atoms with Crippen molar-refractivity contribution in [2.75, 3.05) is 0 Å². The molecule has 0 N–H and O–H groups in total. The summed E-state index contributed by atoms with van der Waals surface area (Å²) in [4.78, 5) is 0. The molecule has 0 fully saturated rings. The molecule has 0 aliphatic carbocycles. The lowest BCUT2D eigenvalue weighted by Gasteiger charge is -2.06. The third-order valence-electron chi connectivity index (χ3n) is 1.00. The maximum Gasteiger partial charge on any atom is 0.0384 e. The van der Waals surface area contributed by atoms with Crippen LogP contribution < -0.4 is 0 Å². The Labute approximate surface area is 66.8 Å². The maximum absolute atomic E-state index is 5.82. The Balaban J connectivity index is 3.25. The van der Waals surface area contributed by atoms with Crippen LogP contribution in [0.25, 0.3) is 0 Å². The molecule has 0 aromatic heterocycles. The van der Waals surface area contributed by atoms with Crippen molar-refractivity contribution in [3.8, 4) is 0 Å². The second-order valence-electron chi connectivity index (χ2n) is 2.14. The van der Waals surface area contributed by atoms with Gasteiger partial charge in [-0.3, -0.25) is 0 Å². The zero-order valence-corrected chi connectivity index (χ0v) is 7.12. The van der Waals surface area contributed by atoms with Crippen molar-refractivity contribution in [3.05, 3.63) is 12.7 Å². The fraction of sp³-hybridized carbons (Fsp3) is 0.714. The SMILES string of the molecule is C=CCC(Cl)CC(C)Cl. The number of halogens is 2. The van der Waals surface area contributed by atoms with E-state index >= 15 is 0 Å².